The summed E-state index contributed by atoms with van der Waals surface area (Å²) in [5.41, 5.74) is 11.5. The number of pyridine rings is 1. The van der Waals surface area contributed by atoms with E-state index in [1.807, 2.05) is 18.3 Å². The molecule has 0 unspecified atom stereocenters. The van der Waals surface area contributed by atoms with Crippen LogP contribution in [0.3, 0.4) is 0 Å². The zero-order chi connectivity index (χ0) is 30.5. The van der Waals surface area contributed by atoms with Crippen molar-refractivity contribution in [1.29, 1.82) is 0 Å². The van der Waals surface area contributed by atoms with E-state index in [-0.39, 0.29) is 21.1 Å². The number of para-hydroxylation sites is 2. The van der Waals surface area contributed by atoms with Crippen LogP contribution in [0.1, 0.15) is 0 Å². The average molecular weight is 799 g/mol. The zero-order valence-electron chi connectivity index (χ0n) is 25.0. The largest absolute Gasteiger partial charge is 2.00 e. The van der Waals surface area contributed by atoms with Crippen LogP contribution in [0.2, 0.25) is 0 Å². The molecule has 0 amide bonds. The average Bonchev–Trinajstić information content (AvgIpc) is 3.72. The maximum absolute atomic E-state index is 4.91. The molecule has 6 aromatic carbocycles. The molecule has 224 valence electrons. The van der Waals surface area contributed by atoms with Crippen molar-refractivity contribution in [3.8, 4) is 49.8 Å². The summed E-state index contributed by atoms with van der Waals surface area (Å²) in [7, 11) is 0. The molecule has 9 rings (SSSR count). The molecule has 0 aliphatic carbocycles. The summed E-state index contributed by atoms with van der Waals surface area (Å²) in [4.78, 5) is 9.78. The Balaban J connectivity index is 0.00000324. The molecule has 9 aromatic rings. The molecule has 0 saturated carbocycles. The number of thiazole rings is 1. The first-order chi connectivity index (χ1) is 22.8. The van der Waals surface area contributed by atoms with E-state index < -0.39 is 0 Å². The fraction of sp³-hybridized carbons (Fsp3) is 0. The first kappa shape index (κ1) is 29.3. The van der Waals surface area contributed by atoms with Gasteiger partial charge < -0.3 is 9.55 Å². The predicted octanol–water partition coefficient (Wildman–Crippen LogP) is 11.1. The van der Waals surface area contributed by atoms with Crippen LogP contribution in [0, 0.1) is 12.1 Å². The van der Waals surface area contributed by atoms with Gasteiger partial charge in [0.2, 0.25) is 0 Å². The molecule has 0 saturated heterocycles. The Kier molecular flexibility index (Phi) is 7.61. The molecule has 0 fully saturated rings. The molecule has 0 aliphatic heterocycles. The standard InChI is InChI=1S/C42H25N3S.Pt/c1-2-9-28(10-3-1)29-17-19-30(20-18-29)33-22-24-37(43-27-33)31-11-8-12-34(25-31)45-39-15-6-4-13-35(39)36-23-21-32(26-40(36)45)42-44-38-14-5-7-16-41(38)46-42;/h1-24,27H;/q-2;+2. The second kappa shape index (κ2) is 12.2. The number of fused-ring (bicyclic) bond motifs is 4. The second-order valence-electron chi connectivity index (χ2n) is 11.3. The number of benzene rings is 6. The van der Waals surface area contributed by atoms with Gasteiger partial charge in [-0.15, -0.1) is 53.6 Å². The zero-order valence-corrected chi connectivity index (χ0v) is 28.1. The van der Waals surface area contributed by atoms with Gasteiger partial charge in [0.25, 0.3) is 0 Å². The second-order valence-corrected chi connectivity index (χ2v) is 12.3. The van der Waals surface area contributed by atoms with E-state index in [1.54, 1.807) is 11.3 Å². The van der Waals surface area contributed by atoms with E-state index in [4.69, 9.17) is 9.97 Å². The van der Waals surface area contributed by atoms with Gasteiger partial charge >= 0.3 is 21.1 Å². The van der Waals surface area contributed by atoms with Gasteiger partial charge in [-0.1, -0.05) is 102 Å². The molecule has 0 spiro atoms. The van der Waals surface area contributed by atoms with Crippen molar-refractivity contribution in [1.82, 2.24) is 14.5 Å². The molecular formula is C42H25N3PtS. The van der Waals surface area contributed by atoms with Crippen molar-refractivity contribution in [2.45, 2.75) is 0 Å². The maximum atomic E-state index is 4.91. The molecule has 3 nitrogen and oxygen atoms in total. The maximum Gasteiger partial charge on any atom is 2.00 e. The first-order valence-corrected chi connectivity index (χ1v) is 16.1. The number of nitrogens with zero attached hydrogens (tertiary/aromatic N) is 3. The van der Waals surface area contributed by atoms with Crippen LogP contribution in [0.5, 0.6) is 0 Å². The molecule has 0 aliphatic rings. The van der Waals surface area contributed by atoms with Crippen LogP contribution in [0.25, 0.3) is 81.8 Å². The van der Waals surface area contributed by atoms with Crippen LogP contribution in [-0.2, 0) is 21.1 Å². The van der Waals surface area contributed by atoms with Crippen molar-refractivity contribution in [2.24, 2.45) is 0 Å². The Morgan fingerprint density at radius 3 is 2.06 bits per heavy atom. The predicted molar refractivity (Wildman–Crippen MR) is 191 cm³/mol. The molecule has 47 heavy (non-hydrogen) atoms. The minimum absolute atomic E-state index is 0. The molecule has 0 radical (unpaired) electrons. The van der Waals surface area contributed by atoms with E-state index >= 15 is 0 Å². The topological polar surface area (TPSA) is 30.7 Å². The summed E-state index contributed by atoms with van der Waals surface area (Å²) in [6.45, 7) is 0. The molecule has 0 atom stereocenters. The van der Waals surface area contributed by atoms with Gasteiger partial charge in [0, 0.05) is 21.4 Å². The minimum atomic E-state index is 0. The van der Waals surface area contributed by atoms with E-state index in [0.29, 0.717) is 0 Å². The van der Waals surface area contributed by atoms with Crippen molar-refractivity contribution in [3.05, 3.63) is 164 Å². The van der Waals surface area contributed by atoms with Crippen LogP contribution in [0.15, 0.2) is 152 Å². The summed E-state index contributed by atoms with van der Waals surface area (Å²) in [6, 6.07) is 58.1. The van der Waals surface area contributed by atoms with E-state index in [1.165, 1.54) is 21.2 Å². The molecule has 3 aromatic heterocycles. The summed E-state index contributed by atoms with van der Waals surface area (Å²) < 4.78 is 3.43. The quantitative estimate of drug-likeness (QED) is 0.162. The normalized spacial score (nSPS) is 11.2. The van der Waals surface area contributed by atoms with Gasteiger partial charge in [0.15, 0.2) is 0 Å². The Morgan fingerprint density at radius 2 is 1.26 bits per heavy atom. The molecule has 5 heteroatoms. The third kappa shape index (κ3) is 5.30. The number of aromatic nitrogens is 3. The van der Waals surface area contributed by atoms with Crippen LogP contribution in [0.4, 0.5) is 0 Å². The summed E-state index contributed by atoms with van der Waals surface area (Å²) >= 11 is 1.70. The van der Waals surface area contributed by atoms with Gasteiger partial charge in [-0.3, -0.25) is 4.98 Å². The SMILES string of the molecule is [Pt+2].[c-]1c(-c2ccc(-c3ccc(-c4ccccc4)cc3)cn2)cccc1-n1c2[c-]c(-c3nc4ccccc4s3)ccc2c2ccccc21. The van der Waals surface area contributed by atoms with Gasteiger partial charge in [-0.2, -0.15) is 11.3 Å². The molecule has 0 bridgehead atoms. The molecule has 0 N–H and O–H groups in total. The van der Waals surface area contributed by atoms with Crippen LogP contribution in [-0.4, -0.2) is 14.5 Å². The van der Waals surface area contributed by atoms with Crippen molar-refractivity contribution in [3.63, 3.8) is 0 Å². The van der Waals surface area contributed by atoms with Crippen molar-refractivity contribution < 1.29 is 21.1 Å². The Bertz CT molecular complexity index is 2480. The third-order valence-electron chi connectivity index (χ3n) is 8.49. The Morgan fingerprint density at radius 1 is 0.532 bits per heavy atom. The van der Waals surface area contributed by atoms with Crippen LogP contribution >= 0.6 is 11.3 Å². The fourth-order valence-electron chi connectivity index (χ4n) is 6.20. The van der Waals surface area contributed by atoms with E-state index in [0.717, 1.165) is 60.6 Å². The third-order valence-corrected chi connectivity index (χ3v) is 9.56. The summed E-state index contributed by atoms with van der Waals surface area (Å²) in [5.74, 6) is 0. The van der Waals surface area contributed by atoms with Gasteiger partial charge in [0.05, 0.1) is 5.52 Å². The number of hydrogen-bond acceptors (Lipinski definition) is 3. The molecular weight excluding hydrogens is 774 g/mol. The minimum Gasteiger partial charge on any atom is -0.346 e. The first-order valence-electron chi connectivity index (χ1n) is 15.2. The van der Waals surface area contributed by atoms with E-state index in [2.05, 4.69) is 150 Å². The van der Waals surface area contributed by atoms with Gasteiger partial charge in [0.1, 0.15) is 0 Å². The van der Waals surface area contributed by atoms with Crippen LogP contribution < -0.4 is 0 Å². The smallest absolute Gasteiger partial charge is 0.346 e. The fourth-order valence-corrected chi connectivity index (χ4v) is 7.15. The van der Waals surface area contributed by atoms with E-state index in [9.17, 15) is 0 Å². The van der Waals surface area contributed by atoms with Gasteiger partial charge in [-0.25, -0.2) is 0 Å². The van der Waals surface area contributed by atoms with Crippen molar-refractivity contribution >= 4 is 43.4 Å². The number of rotatable bonds is 5. The summed E-state index contributed by atoms with van der Waals surface area (Å²) in [6.07, 6.45) is 1.95. The Labute approximate surface area is 291 Å². The monoisotopic (exact) mass is 798 g/mol. The molecule has 3 heterocycles. The van der Waals surface area contributed by atoms with Crippen molar-refractivity contribution in [2.75, 3.05) is 0 Å². The van der Waals surface area contributed by atoms with Gasteiger partial charge in [-0.05, 0) is 62.7 Å². The summed E-state index contributed by atoms with van der Waals surface area (Å²) in [5, 5.41) is 3.31. The Hall–Kier alpha value is -5.15. The number of hydrogen-bond donors (Lipinski definition) is 0.